The van der Waals surface area contributed by atoms with E-state index in [0.29, 0.717) is 11.4 Å². The first kappa shape index (κ1) is 10.2. The summed E-state index contributed by atoms with van der Waals surface area (Å²) in [6, 6.07) is 7.09. The zero-order valence-corrected chi connectivity index (χ0v) is 10.0. The molecule has 82 valence electrons. The van der Waals surface area contributed by atoms with E-state index in [1.807, 2.05) is 18.2 Å². The van der Waals surface area contributed by atoms with Crippen molar-refractivity contribution in [2.45, 2.75) is 10.9 Å². The van der Waals surface area contributed by atoms with E-state index in [2.05, 4.69) is 0 Å². The number of thioether (sulfide) groups is 2. The number of fused-ring (bicyclic) bond motifs is 2. The summed E-state index contributed by atoms with van der Waals surface area (Å²) in [4.78, 5) is 26.6. The van der Waals surface area contributed by atoms with Crippen molar-refractivity contribution >= 4 is 34.5 Å². The number of carbonyl (C=O) groups is 2. The van der Waals surface area contributed by atoms with Crippen LogP contribution in [0.5, 0.6) is 0 Å². The maximum absolute atomic E-state index is 12.2. The largest absolute Gasteiger partial charge is 0.318 e. The standard InChI is InChI=1S/C11H9NO2S2/c13-10-7-3-1-2-4-9(7)16-11(14)8-5-15-6-12(8)10/h1-4,8H,5-6H2/t8-/m1/s1. The van der Waals surface area contributed by atoms with Gasteiger partial charge in [0.05, 0.1) is 11.4 Å². The molecule has 0 bridgehead atoms. The number of rotatable bonds is 0. The molecule has 1 aromatic carbocycles. The quantitative estimate of drug-likeness (QED) is 0.705. The van der Waals surface area contributed by atoms with Gasteiger partial charge in [0.25, 0.3) is 5.91 Å². The molecular formula is C11H9NO2S2. The van der Waals surface area contributed by atoms with Crippen molar-refractivity contribution in [1.82, 2.24) is 4.90 Å². The van der Waals surface area contributed by atoms with Gasteiger partial charge in [0.15, 0.2) is 0 Å². The van der Waals surface area contributed by atoms with Crippen molar-refractivity contribution in [2.75, 3.05) is 11.6 Å². The Morgan fingerprint density at radius 2 is 2.06 bits per heavy atom. The molecule has 3 nitrogen and oxygen atoms in total. The molecule has 0 spiro atoms. The molecule has 2 aliphatic heterocycles. The van der Waals surface area contributed by atoms with Gasteiger partial charge in [-0.2, -0.15) is 0 Å². The first-order valence-corrected chi connectivity index (χ1v) is 6.94. The van der Waals surface area contributed by atoms with Gasteiger partial charge >= 0.3 is 0 Å². The van der Waals surface area contributed by atoms with E-state index in [9.17, 15) is 9.59 Å². The van der Waals surface area contributed by atoms with E-state index >= 15 is 0 Å². The van der Waals surface area contributed by atoms with Crippen molar-refractivity contribution in [3.05, 3.63) is 29.8 Å². The Morgan fingerprint density at radius 3 is 2.94 bits per heavy atom. The molecule has 2 heterocycles. The lowest BCUT2D eigenvalue weighted by atomic mass is 10.2. The highest BCUT2D eigenvalue weighted by Gasteiger charge is 2.39. The van der Waals surface area contributed by atoms with E-state index < -0.39 is 0 Å². The topological polar surface area (TPSA) is 37.4 Å². The van der Waals surface area contributed by atoms with E-state index in [-0.39, 0.29) is 17.1 Å². The first-order chi connectivity index (χ1) is 7.77. The Morgan fingerprint density at radius 1 is 1.25 bits per heavy atom. The molecule has 1 atom stereocenters. The van der Waals surface area contributed by atoms with Crippen LogP contribution in [-0.2, 0) is 4.79 Å². The lowest BCUT2D eigenvalue weighted by Gasteiger charge is -2.18. The summed E-state index contributed by atoms with van der Waals surface area (Å²) < 4.78 is 0. The molecule has 0 radical (unpaired) electrons. The minimum Gasteiger partial charge on any atom is -0.318 e. The highest BCUT2D eigenvalue weighted by atomic mass is 32.2. The van der Waals surface area contributed by atoms with Crippen LogP contribution >= 0.6 is 23.5 Å². The molecule has 0 unspecified atom stereocenters. The van der Waals surface area contributed by atoms with Crippen molar-refractivity contribution in [2.24, 2.45) is 0 Å². The predicted octanol–water partition coefficient (Wildman–Crippen LogP) is 1.83. The van der Waals surface area contributed by atoms with E-state index in [1.54, 1.807) is 22.7 Å². The molecule has 0 aliphatic carbocycles. The maximum atomic E-state index is 12.2. The Bertz CT molecular complexity index is 475. The molecule has 0 aromatic heterocycles. The molecule has 1 fully saturated rings. The number of benzene rings is 1. The van der Waals surface area contributed by atoms with Crippen LogP contribution in [-0.4, -0.2) is 33.6 Å². The molecule has 0 N–H and O–H groups in total. The van der Waals surface area contributed by atoms with Gasteiger partial charge < -0.3 is 4.90 Å². The van der Waals surface area contributed by atoms with Crippen LogP contribution in [0, 0.1) is 0 Å². The smallest absolute Gasteiger partial charge is 0.256 e. The second kappa shape index (κ2) is 3.82. The summed E-state index contributed by atoms with van der Waals surface area (Å²) in [6.45, 7) is 0. The van der Waals surface area contributed by atoms with Crippen LogP contribution in [0.1, 0.15) is 10.4 Å². The van der Waals surface area contributed by atoms with Crippen molar-refractivity contribution < 1.29 is 9.59 Å². The van der Waals surface area contributed by atoms with Gasteiger partial charge in [-0.25, -0.2) is 0 Å². The molecule has 1 aromatic rings. The Balaban J connectivity index is 2.11. The van der Waals surface area contributed by atoms with E-state index in [0.717, 1.165) is 10.6 Å². The van der Waals surface area contributed by atoms with E-state index in [1.165, 1.54) is 11.8 Å². The fraction of sp³-hybridized carbons (Fsp3) is 0.273. The van der Waals surface area contributed by atoms with Crippen LogP contribution in [0.2, 0.25) is 0 Å². The number of carbonyl (C=O) groups excluding carboxylic acids is 2. The average molecular weight is 251 g/mol. The maximum Gasteiger partial charge on any atom is 0.256 e. The summed E-state index contributed by atoms with van der Waals surface area (Å²) in [5.74, 6) is 1.35. The molecular weight excluding hydrogens is 242 g/mol. The zero-order chi connectivity index (χ0) is 11.1. The van der Waals surface area contributed by atoms with Gasteiger partial charge in [-0.3, -0.25) is 9.59 Å². The van der Waals surface area contributed by atoms with E-state index in [4.69, 9.17) is 0 Å². The molecule has 0 saturated carbocycles. The molecule has 3 rings (SSSR count). The number of nitrogens with zero attached hydrogens (tertiary/aromatic N) is 1. The van der Waals surface area contributed by atoms with Crippen LogP contribution in [0.3, 0.4) is 0 Å². The van der Waals surface area contributed by atoms with Crippen molar-refractivity contribution in [1.29, 1.82) is 0 Å². The lowest BCUT2D eigenvalue weighted by molar-refractivity contribution is -0.113. The summed E-state index contributed by atoms with van der Waals surface area (Å²) in [5, 5.41) is 0.0864. The highest BCUT2D eigenvalue weighted by molar-refractivity contribution is 8.14. The van der Waals surface area contributed by atoms with Gasteiger partial charge in [0.1, 0.15) is 6.04 Å². The minimum atomic E-state index is -0.241. The summed E-state index contributed by atoms with van der Waals surface area (Å²) in [7, 11) is 0. The fourth-order valence-corrected chi connectivity index (χ4v) is 4.14. The Kier molecular flexibility index (Phi) is 2.44. The molecule has 1 saturated heterocycles. The van der Waals surface area contributed by atoms with Gasteiger partial charge in [-0.1, -0.05) is 12.1 Å². The van der Waals surface area contributed by atoms with Crippen LogP contribution in [0.25, 0.3) is 0 Å². The fourth-order valence-electron chi connectivity index (χ4n) is 1.90. The molecule has 2 aliphatic rings. The number of hydrogen-bond donors (Lipinski definition) is 0. The minimum absolute atomic E-state index is 0.0102. The lowest BCUT2D eigenvalue weighted by Crippen LogP contribution is -2.39. The SMILES string of the molecule is O=C1Sc2ccccc2C(=O)N2CSC[C@H]12. The van der Waals surface area contributed by atoms with Gasteiger partial charge in [0.2, 0.25) is 5.12 Å². The van der Waals surface area contributed by atoms with Gasteiger partial charge in [0, 0.05) is 10.6 Å². The number of hydrogen-bond acceptors (Lipinski definition) is 4. The zero-order valence-electron chi connectivity index (χ0n) is 8.38. The Hall–Kier alpha value is -0.940. The second-order valence-corrected chi connectivity index (χ2v) is 5.75. The van der Waals surface area contributed by atoms with Gasteiger partial charge in [-0.05, 0) is 23.9 Å². The normalized spacial score (nSPS) is 24.0. The summed E-state index contributed by atoms with van der Waals surface area (Å²) in [6.07, 6.45) is 0. The molecule has 5 heteroatoms. The first-order valence-electron chi connectivity index (χ1n) is 4.97. The average Bonchev–Trinajstić information content (AvgIpc) is 2.74. The summed E-state index contributed by atoms with van der Waals surface area (Å²) in [5.41, 5.74) is 0.658. The third-order valence-corrected chi connectivity index (χ3v) is 4.80. The third kappa shape index (κ3) is 1.46. The van der Waals surface area contributed by atoms with Crippen molar-refractivity contribution in [3.8, 4) is 0 Å². The third-order valence-electron chi connectivity index (χ3n) is 2.74. The van der Waals surface area contributed by atoms with Crippen molar-refractivity contribution in [3.63, 3.8) is 0 Å². The number of amides is 1. The molecule has 1 amide bonds. The monoisotopic (exact) mass is 251 g/mol. The van der Waals surface area contributed by atoms with Crippen LogP contribution in [0.4, 0.5) is 0 Å². The molecule has 16 heavy (non-hydrogen) atoms. The Labute approximate surface area is 102 Å². The van der Waals surface area contributed by atoms with Gasteiger partial charge in [-0.15, -0.1) is 11.8 Å². The highest BCUT2D eigenvalue weighted by Crippen LogP contribution is 2.35. The summed E-state index contributed by atoms with van der Waals surface area (Å²) >= 11 is 2.84. The predicted molar refractivity (Wildman–Crippen MR) is 64.6 cm³/mol. The second-order valence-electron chi connectivity index (χ2n) is 3.71. The van der Waals surface area contributed by atoms with Crippen LogP contribution < -0.4 is 0 Å². The van der Waals surface area contributed by atoms with Crippen LogP contribution in [0.15, 0.2) is 29.2 Å².